The van der Waals surface area contributed by atoms with Gasteiger partial charge in [0.1, 0.15) is 12.1 Å². The second-order valence-electron chi connectivity index (χ2n) is 7.92. The lowest BCUT2D eigenvalue weighted by molar-refractivity contribution is -0.118. The topological polar surface area (TPSA) is 58.6 Å². The van der Waals surface area contributed by atoms with E-state index in [1.807, 2.05) is 0 Å². The van der Waals surface area contributed by atoms with E-state index in [1.54, 1.807) is 17.2 Å². The molecule has 1 aromatic carbocycles. The Bertz CT molecular complexity index is 826. The highest BCUT2D eigenvalue weighted by Gasteiger charge is 2.46. The minimum absolute atomic E-state index is 0.117. The largest absolute Gasteiger partial charge is 0.379 e. The van der Waals surface area contributed by atoms with Crippen molar-refractivity contribution in [2.24, 2.45) is 5.41 Å². The lowest BCUT2D eigenvalue weighted by atomic mass is 9.87. The molecule has 1 amide bonds. The molecule has 3 heterocycles. The van der Waals surface area contributed by atoms with Gasteiger partial charge in [0.25, 0.3) is 0 Å². The van der Waals surface area contributed by atoms with Crippen LogP contribution in [0.5, 0.6) is 0 Å². The highest BCUT2D eigenvalue weighted by atomic mass is 16.5. The van der Waals surface area contributed by atoms with Gasteiger partial charge in [0.05, 0.1) is 13.2 Å². The Morgan fingerprint density at radius 3 is 2.93 bits per heavy atom. The van der Waals surface area contributed by atoms with E-state index in [-0.39, 0.29) is 11.3 Å². The van der Waals surface area contributed by atoms with Gasteiger partial charge in [-0.2, -0.15) is 0 Å². The summed E-state index contributed by atoms with van der Waals surface area (Å²) in [5, 5.41) is 0. The van der Waals surface area contributed by atoms with Crippen molar-refractivity contribution in [2.45, 2.75) is 26.8 Å². The Morgan fingerprint density at radius 2 is 2.11 bits per heavy atom. The standard InChI is InChI=1S/C21H26N4O2/c1-16-3-4-17(2)18(9-16)11-24-7-8-27-14-21(12-24)10-20(26)25(13-21)19-5-6-22-15-23-19/h3-6,9,15H,7-8,10-14H2,1-2H3. The number of ether oxygens (including phenoxy) is 1. The van der Waals surface area contributed by atoms with Crippen molar-refractivity contribution in [1.82, 2.24) is 14.9 Å². The quantitative estimate of drug-likeness (QED) is 0.835. The molecule has 2 aromatic rings. The first-order chi connectivity index (χ1) is 13.0. The number of benzene rings is 1. The molecule has 1 unspecified atom stereocenters. The van der Waals surface area contributed by atoms with Crippen molar-refractivity contribution in [3.05, 3.63) is 53.5 Å². The first-order valence-corrected chi connectivity index (χ1v) is 9.47. The van der Waals surface area contributed by atoms with Gasteiger partial charge in [-0.15, -0.1) is 0 Å². The number of aryl methyl sites for hydroxylation is 2. The molecule has 6 nitrogen and oxygen atoms in total. The predicted molar refractivity (Wildman–Crippen MR) is 103 cm³/mol. The Labute approximate surface area is 160 Å². The van der Waals surface area contributed by atoms with Crippen molar-refractivity contribution < 1.29 is 9.53 Å². The molecule has 4 rings (SSSR count). The van der Waals surface area contributed by atoms with Gasteiger partial charge in [0.2, 0.25) is 5.91 Å². The van der Waals surface area contributed by atoms with E-state index in [0.29, 0.717) is 32.0 Å². The maximum atomic E-state index is 12.7. The molecule has 2 fully saturated rings. The van der Waals surface area contributed by atoms with Crippen LogP contribution in [0.4, 0.5) is 5.82 Å². The summed E-state index contributed by atoms with van der Waals surface area (Å²) in [5.74, 6) is 0.795. The molecule has 0 N–H and O–H groups in total. The fraction of sp³-hybridized carbons (Fsp3) is 0.476. The molecule has 142 valence electrons. The van der Waals surface area contributed by atoms with Crippen LogP contribution in [-0.4, -0.2) is 53.6 Å². The van der Waals surface area contributed by atoms with Crippen LogP contribution in [0.3, 0.4) is 0 Å². The number of rotatable bonds is 3. The second kappa shape index (κ2) is 7.37. The number of anilines is 1. The summed E-state index contributed by atoms with van der Waals surface area (Å²) in [6.45, 7) is 8.88. The van der Waals surface area contributed by atoms with Crippen LogP contribution in [0, 0.1) is 19.3 Å². The molecule has 0 saturated carbocycles. The minimum atomic E-state index is -0.184. The monoisotopic (exact) mass is 366 g/mol. The third kappa shape index (κ3) is 3.87. The molecule has 1 aromatic heterocycles. The van der Waals surface area contributed by atoms with Gasteiger partial charge in [-0.3, -0.25) is 14.6 Å². The van der Waals surface area contributed by atoms with Gasteiger partial charge in [-0.05, 0) is 31.0 Å². The Morgan fingerprint density at radius 1 is 1.22 bits per heavy atom. The van der Waals surface area contributed by atoms with Crippen LogP contribution < -0.4 is 4.90 Å². The highest BCUT2D eigenvalue weighted by molar-refractivity contribution is 5.95. The van der Waals surface area contributed by atoms with Gasteiger partial charge < -0.3 is 4.74 Å². The molecule has 6 heteroatoms. The van der Waals surface area contributed by atoms with E-state index in [9.17, 15) is 4.79 Å². The van der Waals surface area contributed by atoms with Crippen molar-refractivity contribution in [1.29, 1.82) is 0 Å². The number of hydrogen-bond acceptors (Lipinski definition) is 5. The Hall–Kier alpha value is -2.31. The minimum Gasteiger partial charge on any atom is -0.379 e. The summed E-state index contributed by atoms with van der Waals surface area (Å²) in [6, 6.07) is 8.40. The molecule has 0 radical (unpaired) electrons. The predicted octanol–water partition coefficient (Wildman–Crippen LogP) is 2.35. The SMILES string of the molecule is Cc1ccc(C)c(CN2CCOCC3(CC(=O)N(c4ccncn4)C3)C2)c1. The number of carbonyl (C=O) groups excluding carboxylic acids is 1. The number of amides is 1. The molecule has 2 aliphatic heterocycles. The molecular formula is C21H26N4O2. The lowest BCUT2D eigenvalue weighted by Crippen LogP contribution is -2.40. The number of hydrogen-bond donors (Lipinski definition) is 0. The van der Waals surface area contributed by atoms with Gasteiger partial charge >= 0.3 is 0 Å². The number of nitrogens with zero attached hydrogens (tertiary/aromatic N) is 4. The summed E-state index contributed by atoms with van der Waals surface area (Å²) < 4.78 is 5.93. The first kappa shape index (κ1) is 18.1. The Kier molecular flexibility index (Phi) is 4.93. The third-order valence-corrected chi connectivity index (χ3v) is 5.58. The van der Waals surface area contributed by atoms with Crippen molar-refractivity contribution >= 4 is 11.7 Å². The van der Waals surface area contributed by atoms with Crippen molar-refractivity contribution in [3.63, 3.8) is 0 Å². The fourth-order valence-corrected chi connectivity index (χ4v) is 4.18. The lowest BCUT2D eigenvalue weighted by Gasteiger charge is -2.31. The second-order valence-corrected chi connectivity index (χ2v) is 7.92. The maximum absolute atomic E-state index is 12.7. The van der Waals surface area contributed by atoms with E-state index >= 15 is 0 Å². The van der Waals surface area contributed by atoms with E-state index in [2.05, 4.69) is 46.9 Å². The Balaban J connectivity index is 1.53. The molecule has 2 saturated heterocycles. The molecule has 2 aliphatic rings. The average Bonchev–Trinajstić information content (AvgIpc) is 2.85. The average molecular weight is 366 g/mol. The number of aromatic nitrogens is 2. The fourth-order valence-electron chi connectivity index (χ4n) is 4.18. The van der Waals surface area contributed by atoms with Gasteiger partial charge in [0, 0.05) is 44.2 Å². The zero-order valence-electron chi connectivity index (χ0n) is 16.0. The summed E-state index contributed by atoms with van der Waals surface area (Å²) in [5.41, 5.74) is 3.76. The van der Waals surface area contributed by atoms with Crippen LogP contribution >= 0.6 is 0 Å². The number of carbonyl (C=O) groups is 1. The zero-order chi connectivity index (χ0) is 18.9. The van der Waals surface area contributed by atoms with Crippen LogP contribution in [0.25, 0.3) is 0 Å². The van der Waals surface area contributed by atoms with Crippen LogP contribution in [0.15, 0.2) is 36.8 Å². The normalized spacial score (nSPS) is 23.8. The summed E-state index contributed by atoms with van der Waals surface area (Å²) >= 11 is 0. The summed E-state index contributed by atoms with van der Waals surface area (Å²) in [4.78, 5) is 25.1. The van der Waals surface area contributed by atoms with E-state index in [0.717, 1.165) is 19.6 Å². The zero-order valence-corrected chi connectivity index (χ0v) is 16.0. The van der Waals surface area contributed by atoms with E-state index in [4.69, 9.17) is 4.74 Å². The van der Waals surface area contributed by atoms with Crippen molar-refractivity contribution in [3.8, 4) is 0 Å². The van der Waals surface area contributed by atoms with E-state index in [1.165, 1.54) is 23.0 Å². The van der Waals surface area contributed by atoms with Crippen LogP contribution in [0.1, 0.15) is 23.1 Å². The van der Waals surface area contributed by atoms with Crippen molar-refractivity contribution in [2.75, 3.05) is 37.7 Å². The smallest absolute Gasteiger partial charge is 0.228 e. The summed E-state index contributed by atoms with van der Waals surface area (Å²) in [7, 11) is 0. The molecule has 0 bridgehead atoms. The molecule has 27 heavy (non-hydrogen) atoms. The van der Waals surface area contributed by atoms with Gasteiger partial charge in [-0.1, -0.05) is 23.8 Å². The van der Waals surface area contributed by atoms with E-state index < -0.39 is 0 Å². The molecule has 1 spiro atoms. The molecule has 0 aliphatic carbocycles. The van der Waals surface area contributed by atoms with Gasteiger partial charge in [0.15, 0.2) is 0 Å². The first-order valence-electron chi connectivity index (χ1n) is 9.47. The molecule has 1 atom stereocenters. The summed E-state index contributed by atoms with van der Waals surface area (Å²) in [6.07, 6.45) is 3.67. The third-order valence-electron chi connectivity index (χ3n) is 5.58. The van der Waals surface area contributed by atoms with Crippen LogP contribution in [0.2, 0.25) is 0 Å². The molecular weight excluding hydrogens is 340 g/mol. The maximum Gasteiger partial charge on any atom is 0.228 e. The van der Waals surface area contributed by atoms with Crippen LogP contribution in [-0.2, 0) is 16.1 Å². The highest BCUT2D eigenvalue weighted by Crippen LogP contribution is 2.36. The van der Waals surface area contributed by atoms with Gasteiger partial charge in [-0.25, -0.2) is 9.97 Å².